The first-order valence-electron chi connectivity index (χ1n) is 7.32. The van der Waals surface area contributed by atoms with Crippen molar-refractivity contribution >= 4 is 16.6 Å². The zero-order chi connectivity index (χ0) is 15.7. The van der Waals surface area contributed by atoms with Crippen LogP contribution in [-0.2, 0) is 0 Å². The van der Waals surface area contributed by atoms with Gasteiger partial charge in [0.25, 0.3) is 0 Å². The van der Waals surface area contributed by atoms with E-state index in [-0.39, 0.29) is 0 Å². The lowest BCUT2D eigenvalue weighted by Gasteiger charge is -2.37. The van der Waals surface area contributed by atoms with Gasteiger partial charge in [0.05, 0.1) is 17.7 Å². The van der Waals surface area contributed by atoms with Crippen molar-refractivity contribution in [1.82, 2.24) is 9.88 Å². The maximum Gasteiger partial charge on any atom is 0.401 e. The minimum absolute atomic E-state index is 0.426. The molecule has 0 radical (unpaired) electrons. The molecule has 1 aliphatic rings. The van der Waals surface area contributed by atoms with Gasteiger partial charge in [-0.05, 0) is 18.6 Å². The number of halogens is 3. The van der Waals surface area contributed by atoms with E-state index in [9.17, 15) is 13.2 Å². The molecule has 2 aromatic rings. The summed E-state index contributed by atoms with van der Waals surface area (Å²) in [6, 6.07) is 7.88. The first-order valence-corrected chi connectivity index (χ1v) is 7.32. The van der Waals surface area contributed by atoms with E-state index in [0.29, 0.717) is 26.2 Å². The molecule has 2 heterocycles. The third-order valence-corrected chi connectivity index (χ3v) is 4.02. The summed E-state index contributed by atoms with van der Waals surface area (Å²) in [6.07, 6.45) is -2.29. The molecule has 1 aromatic carbocycles. The number of hydrogen-bond donors (Lipinski definition) is 0. The molecule has 1 saturated heterocycles. The van der Waals surface area contributed by atoms with E-state index in [0.717, 1.165) is 22.2 Å². The van der Waals surface area contributed by atoms with E-state index < -0.39 is 12.7 Å². The molecule has 0 bridgehead atoms. The quantitative estimate of drug-likeness (QED) is 0.849. The summed E-state index contributed by atoms with van der Waals surface area (Å²) in [4.78, 5) is 8.05. The number of para-hydroxylation sites is 1. The number of alkyl halides is 3. The van der Waals surface area contributed by atoms with Crippen LogP contribution < -0.4 is 4.90 Å². The van der Waals surface area contributed by atoms with Gasteiger partial charge in [-0.2, -0.15) is 13.2 Å². The average Bonchev–Trinajstić information content (AvgIpc) is 2.47. The Morgan fingerprint density at radius 1 is 1.09 bits per heavy atom. The molecule has 3 rings (SSSR count). The van der Waals surface area contributed by atoms with Gasteiger partial charge in [0, 0.05) is 37.8 Å². The number of rotatable bonds is 2. The third kappa shape index (κ3) is 3.16. The topological polar surface area (TPSA) is 19.4 Å². The predicted molar refractivity (Wildman–Crippen MR) is 81.2 cm³/mol. The summed E-state index contributed by atoms with van der Waals surface area (Å²) >= 11 is 0. The number of nitrogens with zero attached hydrogens (tertiary/aromatic N) is 3. The van der Waals surface area contributed by atoms with Crippen LogP contribution in [-0.4, -0.2) is 48.8 Å². The molecule has 0 N–H and O–H groups in total. The van der Waals surface area contributed by atoms with Crippen molar-refractivity contribution < 1.29 is 13.2 Å². The lowest BCUT2D eigenvalue weighted by molar-refractivity contribution is -0.146. The van der Waals surface area contributed by atoms with Crippen molar-refractivity contribution in [1.29, 1.82) is 0 Å². The number of aryl methyl sites for hydroxylation is 1. The lowest BCUT2D eigenvalue weighted by atomic mass is 10.1. The smallest absolute Gasteiger partial charge is 0.368 e. The van der Waals surface area contributed by atoms with Crippen LogP contribution in [0, 0.1) is 6.92 Å². The molecule has 6 heteroatoms. The number of anilines is 1. The van der Waals surface area contributed by atoms with Crippen LogP contribution in [0.2, 0.25) is 0 Å². The van der Waals surface area contributed by atoms with E-state index in [4.69, 9.17) is 0 Å². The Hall–Kier alpha value is -1.82. The molecule has 0 aliphatic carbocycles. The summed E-state index contributed by atoms with van der Waals surface area (Å²) in [5, 5.41) is 1.06. The molecule has 1 aliphatic heterocycles. The third-order valence-electron chi connectivity index (χ3n) is 4.02. The SMILES string of the molecule is Cc1cnc2ccccc2c1N1CCN(CC(F)(F)F)CC1. The first kappa shape index (κ1) is 15.1. The molecule has 0 saturated carbocycles. The van der Waals surface area contributed by atoms with Crippen LogP contribution in [0.1, 0.15) is 5.56 Å². The number of fused-ring (bicyclic) bond motifs is 1. The minimum atomic E-state index is -4.12. The van der Waals surface area contributed by atoms with Gasteiger partial charge in [-0.1, -0.05) is 18.2 Å². The Bertz CT molecular complexity index is 661. The summed E-state index contributed by atoms with van der Waals surface area (Å²) in [7, 11) is 0. The number of hydrogen-bond acceptors (Lipinski definition) is 3. The molecule has 22 heavy (non-hydrogen) atoms. The second-order valence-corrected chi connectivity index (χ2v) is 5.69. The Kier molecular flexibility index (Phi) is 3.95. The molecule has 1 aromatic heterocycles. The van der Waals surface area contributed by atoms with Gasteiger partial charge < -0.3 is 4.90 Å². The summed E-state index contributed by atoms with van der Waals surface area (Å²) in [6.45, 7) is 3.23. The van der Waals surface area contributed by atoms with Crippen LogP contribution >= 0.6 is 0 Å². The summed E-state index contributed by atoms with van der Waals surface area (Å²) in [5.74, 6) is 0. The molecule has 0 spiro atoms. The van der Waals surface area contributed by atoms with Crippen molar-refractivity contribution in [2.24, 2.45) is 0 Å². The monoisotopic (exact) mass is 309 g/mol. The molecular weight excluding hydrogens is 291 g/mol. The number of benzene rings is 1. The zero-order valence-corrected chi connectivity index (χ0v) is 12.4. The summed E-state index contributed by atoms with van der Waals surface area (Å²) < 4.78 is 37.4. The van der Waals surface area contributed by atoms with E-state index >= 15 is 0 Å². The van der Waals surface area contributed by atoms with Gasteiger partial charge in [-0.15, -0.1) is 0 Å². The van der Waals surface area contributed by atoms with Gasteiger partial charge in [0.15, 0.2) is 0 Å². The highest BCUT2D eigenvalue weighted by Gasteiger charge is 2.32. The fraction of sp³-hybridized carbons (Fsp3) is 0.438. The predicted octanol–water partition coefficient (Wildman–Crippen LogP) is 3.23. The second kappa shape index (κ2) is 5.76. The van der Waals surface area contributed by atoms with Crippen LogP contribution in [0.4, 0.5) is 18.9 Å². The largest absolute Gasteiger partial charge is 0.401 e. The highest BCUT2D eigenvalue weighted by atomic mass is 19.4. The molecule has 0 amide bonds. The van der Waals surface area contributed by atoms with E-state index in [1.54, 1.807) is 0 Å². The van der Waals surface area contributed by atoms with Crippen molar-refractivity contribution in [3.63, 3.8) is 0 Å². The van der Waals surface area contributed by atoms with Gasteiger partial charge in [0.2, 0.25) is 0 Å². The van der Waals surface area contributed by atoms with Crippen LogP contribution in [0.5, 0.6) is 0 Å². The van der Waals surface area contributed by atoms with Gasteiger partial charge in [0.1, 0.15) is 0 Å². The Labute approximate surface area is 127 Å². The highest BCUT2D eigenvalue weighted by Crippen LogP contribution is 2.30. The van der Waals surface area contributed by atoms with Crippen molar-refractivity contribution in [3.05, 3.63) is 36.0 Å². The van der Waals surface area contributed by atoms with Gasteiger partial charge in [-0.3, -0.25) is 9.88 Å². The molecule has 0 atom stereocenters. The van der Waals surface area contributed by atoms with E-state index in [1.807, 2.05) is 37.4 Å². The Morgan fingerprint density at radius 3 is 2.45 bits per heavy atom. The van der Waals surface area contributed by atoms with E-state index in [2.05, 4.69) is 9.88 Å². The highest BCUT2D eigenvalue weighted by molar-refractivity contribution is 5.93. The van der Waals surface area contributed by atoms with Crippen LogP contribution in [0.15, 0.2) is 30.5 Å². The molecule has 1 fully saturated rings. The van der Waals surface area contributed by atoms with Gasteiger partial charge >= 0.3 is 6.18 Å². The lowest BCUT2D eigenvalue weighted by Crippen LogP contribution is -2.49. The Balaban J connectivity index is 1.81. The number of pyridine rings is 1. The average molecular weight is 309 g/mol. The fourth-order valence-electron chi connectivity index (χ4n) is 3.03. The van der Waals surface area contributed by atoms with Crippen molar-refractivity contribution in [3.8, 4) is 0 Å². The Morgan fingerprint density at radius 2 is 1.77 bits per heavy atom. The van der Waals surface area contributed by atoms with Crippen LogP contribution in [0.25, 0.3) is 10.9 Å². The number of aromatic nitrogens is 1. The maximum atomic E-state index is 12.5. The fourth-order valence-corrected chi connectivity index (χ4v) is 3.03. The standard InChI is InChI=1S/C16H18F3N3/c1-12-10-20-14-5-3-2-4-13(14)15(12)22-8-6-21(7-9-22)11-16(17,18)19/h2-5,10H,6-9,11H2,1H3. The van der Waals surface area contributed by atoms with E-state index in [1.165, 1.54) is 4.90 Å². The van der Waals surface area contributed by atoms with Crippen LogP contribution in [0.3, 0.4) is 0 Å². The first-order chi connectivity index (χ1) is 10.4. The molecule has 3 nitrogen and oxygen atoms in total. The van der Waals surface area contributed by atoms with Crippen molar-refractivity contribution in [2.75, 3.05) is 37.6 Å². The molecule has 118 valence electrons. The number of piperazine rings is 1. The normalized spacial score (nSPS) is 17.2. The zero-order valence-electron chi connectivity index (χ0n) is 12.4. The maximum absolute atomic E-state index is 12.5. The van der Waals surface area contributed by atoms with Crippen molar-refractivity contribution in [2.45, 2.75) is 13.1 Å². The molecular formula is C16H18F3N3. The molecule has 0 unspecified atom stereocenters. The van der Waals surface area contributed by atoms with Gasteiger partial charge in [-0.25, -0.2) is 0 Å². The second-order valence-electron chi connectivity index (χ2n) is 5.69. The minimum Gasteiger partial charge on any atom is -0.368 e. The summed E-state index contributed by atoms with van der Waals surface area (Å²) in [5.41, 5.74) is 3.07.